The summed E-state index contributed by atoms with van der Waals surface area (Å²) in [5.74, 6) is 0.238. The van der Waals surface area contributed by atoms with Crippen LogP contribution in [0, 0.1) is 0 Å². The van der Waals surface area contributed by atoms with Crippen LogP contribution in [0.3, 0.4) is 0 Å². The summed E-state index contributed by atoms with van der Waals surface area (Å²) < 4.78 is 71.5. The molecule has 1 aliphatic carbocycles. The van der Waals surface area contributed by atoms with E-state index in [1.54, 1.807) is 42.5 Å². The van der Waals surface area contributed by atoms with E-state index in [0.29, 0.717) is 40.9 Å². The Balaban J connectivity index is 2.19. The molecule has 0 spiro atoms. The summed E-state index contributed by atoms with van der Waals surface area (Å²) in [7, 11) is -4.31. The quantitative estimate of drug-likeness (QED) is 0.580. The van der Waals surface area contributed by atoms with Crippen LogP contribution >= 0.6 is 0 Å². The van der Waals surface area contributed by atoms with Crippen LogP contribution in [0.1, 0.15) is 23.1 Å². The van der Waals surface area contributed by atoms with Crippen LogP contribution < -0.4 is 4.74 Å². The summed E-state index contributed by atoms with van der Waals surface area (Å²) in [5, 5.41) is 0. The zero-order chi connectivity index (χ0) is 18.9. The maximum absolute atomic E-state index is 12.9. The molecule has 0 atom stereocenters. The van der Waals surface area contributed by atoms with Crippen LogP contribution in [-0.4, -0.2) is 21.0 Å². The molecule has 0 amide bonds. The van der Waals surface area contributed by atoms with Crippen LogP contribution in [-0.2, 0) is 20.7 Å². The fourth-order valence-corrected chi connectivity index (χ4v) is 3.33. The molecule has 0 aromatic heterocycles. The van der Waals surface area contributed by atoms with Crippen molar-refractivity contribution in [1.29, 1.82) is 0 Å². The third-order valence-corrected chi connectivity index (χ3v) is 5.03. The molecule has 0 N–H and O–H groups in total. The smallest absolute Gasteiger partial charge is 0.497 e. The van der Waals surface area contributed by atoms with Gasteiger partial charge in [0.25, 0.3) is 0 Å². The number of ether oxygens (including phenoxy) is 1. The minimum atomic E-state index is -5.79. The van der Waals surface area contributed by atoms with Crippen molar-refractivity contribution in [1.82, 2.24) is 0 Å². The Morgan fingerprint density at radius 3 is 2.31 bits per heavy atom. The van der Waals surface area contributed by atoms with Gasteiger partial charge in [-0.05, 0) is 42.2 Å². The molecule has 138 valence electrons. The number of halogens is 3. The topological polar surface area (TPSA) is 52.6 Å². The number of hydrogen-bond donors (Lipinski definition) is 0. The van der Waals surface area contributed by atoms with E-state index in [-0.39, 0.29) is 5.76 Å². The van der Waals surface area contributed by atoms with E-state index in [2.05, 4.69) is 4.18 Å². The van der Waals surface area contributed by atoms with E-state index in [1.807, 2.05) is 0 Å². The fraction of sp³-hybridized carbons (Fsp3) is 0.222. The highest BCUT2D eigenvalue weighted by molar-refractivity contribution is 7.87. The summed E-state index contributed by atoms with van der Waals surface area (Å²) in [4.78, 5) is 0. The molecule has 0 heterocycles. The Morgan fingerprint density at radius 2 is 1.69 bits per heavy atom. The van der Waals surface area contributed by atoms with Gasteiger partial charge in [0.1, 0.15) is 5.75 Å². The van der Waals surface area contributed by atoms with Gasteiger partial charge in [0.05, 0.1) is 7.11 Å². The molecule has 0 aliphatic heterocycles. The molecule has 4 nitrogen and oxygen atoms in total. The molecule has 0 saturated carbocycles. The van der Waals surface area contributed by atoms with Crippen molar-refractivity contribution < 1.29 is 30.5 Å². The Hall–Kier alpha value is -2.48. The average Bonchev–Trinajstić information content (AvgIpc) is 2.61. The second-order valence-corrected chi connectivity index (χ2v) is 7.22. The van der Waals surface area contributed by atoms with Gasteiger partial charge in [0, 0.05) is 11.1 Å². The first kappa shape index (κ1) is 18.3. The highest BCUT2D eigenvalue weighted by atomic mass is 32.2. The Morgan fingerprint density at radius 1 is 1.00 bits per heavy atom. The van der Waals surface area contributed by atoms with Gasteiger partial charge in [-0.25, -0.2) is 0 Å². The van der Waals surface area contributed by atoms with Crippen molar-refractivity contribution >= 4 is 21.5 Å². The van der Waals surface area contributed by atoms with Crippen LogP contribution in [0.25, 0.3) is 11.3 Å². The lowest BCUT2D eigenvalue weighted by molar-refractivity contribution is -0.0509. The number of hydrogen-bond acceptors (Lipinski definition) is 4. The number of benzene rings is 2. The Labute approximate surface area is 149 Å². The summed E-state index contributed by atoms with van der Waals surface area (Å²) in [6.45, 7) is 0. The first-order valence-corrected chi connectivity index (χ1v) is 9.10. The standard InChI is InChI=1S/C18H15F3O4S/c1-24-14-8-10-16-13(11-14)7-9-15(12-5-3-2-4-6-12)17(16)25-26(22,23)18(19,20)21/h2-6,8,10-11H,7,9H2,1H3. The normalized spacial score (nSPS) is 14.8. The molecule has 8 heteroatoms. The van der Waals surface area contributed by atoms with E-state index in [9.17, 15) is 21.6 Å². The highest BCUT2D eigenvalue weighted by Gasteiger charge is 2.49. The van der Waals surface area contributed by atoms with Crippen LogP contribution in [0.5, 0.6) is 5.75 Å². The number of fused-ring (bicyclic) bond motifs is 1. The molecule has 0 radical (unpaired) electrons. The number of methoxy groups -OCH3 is 1. The molecule has 0 fully saturated rings. The second kappa shape index (κ2) is 6.68. The van der Waals surface area contributed by atoms with Crippen LogP contribution in [0.2, 0.25) is 0 Å². The lowest BCUT2D eigenvalue weighted by Crippen LogP contribution is -2.26. The number of aryl methyl sites for hydroxylation is 1. The summed E-state index contributed by atoms with van der Waals surface area (Å²) >= 11 is 0. The maximum Gasteiger partial charge on any atom is 0.534 e. The van der Waals surface area contributed by atoms with E-state index < -0.39 is 15.6 Å². The SMILES string of the molecule is COc1ccc2c(c1)CCC(c1ccccc1)=C2OS(=O)(=O)C(F)(F)F. The minimum absolute atomic E-state index is 0.294. The number of allylic oxidation sites excluding steroid dienone is 1. The molecule has 1 aliphatic rings. The predicted octanol–water partition coefficient (Wildman–Crippen LogP) is 4.38. The lowest BCUT2D eigenvalue weighted by Gasteiger charge is -2.24. The van der Waals surface area contributed by atoms with E-state index in [1.165, 1.54) is 13.2 Å². The summed E-state index contributed by atoms with van der Waals surface area (Å²) in [6, 6.07) is 13.3. The molecule has 0 saturated heterocycles. The molecular formula is C18H15F3O4S. The number of alkyl halides is 3. The molecule has 26 heavy (non-hydrogen) atoms. The summed E-state index contributed by atoms with van der Waals surface area (Å²) in [5.41, 5.74) is -3.51. The number of rotatable bonds is 4. The Kier molecular flexibility index (Phi) is 4.70. The summed E-state index contributed by atoms with van der Waals surface area (Å²) in [6.07, 6.45) is 0.864. The molecule has 3 rings (SSSR count). The van der Waals surface area contributed by atoms with Gasteiger partial charge < -0.3 is 8.92 Å². The van der Waals surface area contributed by atoms with Gasteiger partial charge in [-0.3, -0.25) is 0 Å². The van der Waals surface area contributed by atoms with Crippen molar-refractivity contribution in [2.75, 3.05) is 7.11 Å². The minimum Gasteiger partial charge on any atom is -0.497 e. The zero-order valence-corrected chi connectivity index (χ0v) is 14.5. The zero-order valence-electron chi connectivity index (χ0n) is 13.7. The Bertz CT molecular complexity index is 948. The molecule has 2 aromatic rings. The van der Waals surface area contributed by atoms with Crippen molar-refractivity contribution in [2.45, 2.75) is 18.3 Å². The maximum atomic E-state index is 12.9. The van der Waals surface area contributed by atoms with Gasteiger partial charge >= 0.3 is 15.6 Å². The second-order valence-electron chi connectivity index (χ2n) is 5.68. The fourth-order valence-electron chi connectivity index (χ4n) is 2.83. The molecule has 0 bridgehead atoms. The van der Waals surface area contributed by atoms with E-state index in [0.717, 1.165) is 0 Å². The van der Waals surface area contributed by atoms with Crippen molar-refractivity contribution in [3.05, 3.63) is 65.2 Å². The predicted molar refractivity (Wildman–Crippen MR) is 90.6 cm³/mol. The van der Waals surface area contributed by atoms with E-state index in [4.69, 9.17) is 4.74 Å². The van der Waals surface area contributed by atoms with Gasteiger partial charge in [-0.2, -0.15) is 21.6 Å². The van der Waals surface area contributed by atoms with Crippen LogP contribution in [0.4, 0.5) is 13.2 Å². The van der Waals surface area contributed by atoms with Gasteiger partial charge in [-0.1, -0.05) is 30.3 Å². The first-order chi connectivity index (χ1) is 12.2. The monoisotopic (exact) mass is 384 g/mol. The van der Waals surface area contributed by atoms with E-state index >= 15 is 0 Å². The molecule has 0 unspecified atom stereocenters. The first-order valence-electron chi connectivity index (χ1n) is 7.69. The lowest BCUT2D eigenvalue weighted by atomic mass is 9.87. The van der Waals surface area contributed by atoms with Gasteiger partial charge in [0.15, 0.2) is 5.76 Å². The largest absolute Gasteiger partial charge is 0.534 e. The highest BCUT2D eigenvalue weighted by Crippen LogP contribution is 2.41. The molecular weight excluding hydrogens is 369 g/mol. The van der Waals surface area contributed by atoms with Crippen LogP contribution in [0.15, 0.2) is 48.5 Å². The van der Waals surface area contributed by atoms with Crippen molar-refractivity contribution in [3.63, 3.8) is 0 Å². The van der Waals surface area contributed by atoms with Crippen molar-refractivity contribution in [3.8, 4) is 5.75 Å². The van der Waals surface area contributed by atoms with Gasteiger partial charge in [-0.15, -0.1) is 0 Å². The third kappa shape index (κ3) is 3.41. The molecule has 2 aromatic carbocycles. The average molecular weight is 384 g/mol. The van der Waals surface area contributed by atoms with Gasteiger partial charge in [0.2, 0.25) is 0 Å². The van der Waals surface area contributed by atoms with Crippen molar-refractivity contribution in [2.24, 2.45) is 0 Å². The third-order valence-electron chi connectivity index (χ3n) is 4.07.